The molecular weight excluding hydrogens is 434 g/mol. The Morgan fingerprint density at radius 2 is 2.00 bits per heavy atom. The van der Waals surface area contributed by atoms with Gasteiger partial charge < -0.3 is 4.74 Å². The highest BCUT2D eigenvalue weighted by Crippen LogP contribution is 2.24. The molecule has 0 saturated carbocycles. The Bertz CT molecular complexity index is 1210. The number of unbranched alkanes of at least 4 members (excludes halogenated alkanes) is 1. The Hall–Kier alpha value is -2.67. The molecule has 0 amide bonds. The van der Waals surface area contributed by atoms with Crippen LogP contribution in [0.25, 0.3) is 11.0 Å². The van der Waals surface area contributed by atoms with Crippen LogP contribution < -0.4 is 4.72 Å². The minimum atomic E-state index is -3.85. The third-order valence-corrected chi connectivity index (χ3v) is 6.05. The summed E-state index contributed by atoms with van der Waals surface area (Å²) in [4.78, 5) is 11.2. The molecule has 150 valence electrons. The topological polar surface area (TPSA) is 98.2 Å². The summed E-state index contributed by atoms with van der Waals surface area (Å²) in [5.74, 6) is 5.54. The van der Waals surface area contributed by atoms with Gasteiger partial charge in [0, 0.05) is 17.9 Å². The van der Waals surface area contributed by atoms with E-state index in [0.29, 0.717) is 40.1 Å². The van der Waals surface area contributed by atoms with Crippen LogP contribution in [0.4, 0.5) is 5.69 Å². The fourth-order valence-corrected chi connectivity index (χ4v) is 4.21. The minimum Gasteiger partial charge on any atom is -0.469 e. The van der Waals surface area contributed by atoms with Gasteiger partial charge in [-0.3, -0.25) is 9.52 Å². The molecule has 1 N–H and O–H groups in total. The zero-order valence-corrected chi connectivity index (χ0v) is 17.7. The highest BCUT2D eigenvalue weighted by molar-refractivity contribution is 7.92. The molecular formula is C19H16ClN3O4S2. The molecule has 0 atom stereocenters. The molecule has 0 unspecified atom stereocenters. The van der Waals surface area contributed by atoms with Crippen molar-refractivity contribution in [2.24, 2.45) is 0 Å². The summed E-state index contributed by atoms with van der Waals surface area (Å²) >= 11 is 7.06. The summed E-state index contributed by atoms with van der Waals surface area (Å²) in [5, 5.41) is 0.432. The highest BCUT2D eigenvalue weighted by Gasteiger charge is 2.17. The maximum absolute atomic E-state index is 12.8. The van der Waals surface area contributed by atoms with Crippen LogP contribution >= 0.6 is 23.3 Å². The SMILES string of the molecule is COC(=O)CCCC#Cc1cc(Cl)ccc1NS(=O)(=O)c1ccc2nsnc2c1. The lowest BCUT2D eigenvalue weighted by atomic mass is 10.1. The summed E-state index contributed by atoms with van der Waals surface area (Å²) in [6.45, 7) is 0. The zero-order valence-electron chi connectivity index (χ0n) is 15.3. The van der Waals surface area contributed by atoms with Crippen LogP contribution in [0.3, 0.4) is 0 Å². The highest BCUT2D eigenvalue weighted by atomic mass is 35.5. The molecule has 0 spiro atoms. The van der Waals surface area contributed by atoms with E-state index in [1.807, 2.05) is 0 Å². The summed E-state index contributed by atoms with van der Waals surface area (Å²) in [5.41, 5.74) is 1.90. The van der Waals surface area contributed by atoms with Gasteiger partial charge in [-0.2, -0.15) is 8.75 Å². The van der Waals surface area contributed by atoms with Gasteiger partial charge in [0.05, 0.1) is 35.0 Å². The summed E-state index contributed by atoms with van der Waals surface area (Å²) in [6.07, 6.45) is 1.28. The zero-order chi connectivity index (χ0) is 20.9. The molecule has 0 radical (unpaired) electrons. The van der Waals surface area contributed by atoms with Crippen molar-refractivity contribution in [3.05, 3.63) is 47.0 Å². The number of esters is 1. The van der Waals surface area contributed by atoms with Crippen molar-refractivity contribution < 1.29 is 17.9 Å². The number of carbonyl (C=O) groups is 1. The first kappa shape index (κ1) is 21.0. The molecule has 3 rings (SSSR count). The number of nitrogens with zero attached hydrogens (tertiary/aromatic N) is 2. The molecule has 0 aliphatic rings. The van der Waals surface area contributed by atoms with Crippen molar-refractivity contribution in [2.45, 2.75) is 24.2 Å². The second kappa shape index (κ2) is 9.22. The molecule has 1 heterocycles. The van der Waals surface area contributed by atoms with Gasteiger partial charge in [0.15, 0.2) is 0 Å². The third kappa shape index (κ3) is 5.44. The van der Waals surface area contributed by atoms with Crippen LogP contribution in [0.2, 0.25) is 5.02 Å². The number of fused-ring (bicyclic) bond motifs is 1. The van der Waals surface area contributed by atoms with Gasteiger partial charge in [-0.1, -0.05) is 23.4 Å². The first-order valence-electron chi connectivity index (χ1n) is 8.49. The lowest BCUT2D eigenvalue weighted by Gasteiger charge is -2.10. The molecule has 0 fully saturated rings. The van der Waals surface area contributed by atoms with E-state index in [4.69, 9.17) is 11.6 Å². The number of methoxy groups -OCH3 is 1. The molecule has 0 aliphatic heterocycles. The standard InChI is InChI=1S/C19H16ClN3O4S2/c1-27-19(24)6-4-2-3-5-13-11-14(20)7-9-16(13)23-29(25,26)15-8-10-17-18(12-15)22-28-21-17/h7-12,23H,2,4,6H2,1H3. The van der Waals surface area contributed by atoms with Crippen molar-refractivity contribution in [1.82, 2.24) is 8.75 Å². The molecule has 1 aromatic heterocycles. The molecule has 29 heavy (non-hydrogen) atoms. The fourth-order valence-electron chi connectivity index (χ4n) is 2.42. The number of halogens is 1. The number of carbonyl (C=O) groups excluding carboxylic acids is 1. The Morgan fingerprint density at radius 1 is 1.21 bits per heavy atom. The second-order valence-corrected chi connectivity index (χ2v) is 8.59. The van der Waals surface area contributed by atoms with Crippen molar-refractivity contribution in [3.63, 3.8) is 0 Å². The van der Waals surface area contributed by atoms with E-state index in [-0.39, 0.29) is 17.3 Å². The first-order valence-corrected chi connectivity index (χ1v) is 11.1. The average Bonchev–Trinajstić information content (AvgIpc) is 3.17. The van der Waals surface area contributed by atoms with E-state index in [2.05, 4.69) is 30.0 Å². The molecule has 7 nitrogen and oxygen atoms in total. The summed E-state index contributed by atoms with van der Waals surface area (Å²) in [6, 6.07) is 9.27. The van der Waals surface area contributed by atoms with Crippen LogP contribution in [-0.2, 0) is 19.6 Å². The van der Waals surface area contributed by atoms with E-state index < -0.39 is 10.0 Å². The van der Waals surface area contributed by atoms with E-state index in [1.165, 1.54) is 19.2 Å². The van der Waals surface area contributed by atoms with E-state index in [9.17, 15) is 13.2 Å². The lowest BCUT2D eigenvalue weighted by molar-refractivity contribution is -0.140. The number of sulfonamides is 1. The molecule has 3 aromatic rings. The molecule has 2 aromatic carbocycles. The Labute approximate surface area is 177 Å². The number of aromatic nitrogens is 2. The molecule has 10 heteroatoms. The van der Waals surface area contributed by atoms with E-state index in [0.717, 1.165) is 11.7 Å². The second-order valence-electron chi connectivity index (χ2n) is 5.94. The van der Waals surface area contributed by atoms with Gasteiger partial charge in [0.2, 0.25) is 0 Å². The van der Waals surface area contributed by atoms with E-state index in [1.54, 1.807) is 24.3 Å². The number of hydrogen-bond acceptors (Lipinski definition) is 7. The van der Waals surface area contributed by atoms with Crippen LogP contribution in [0.1, 0.15) is 24.8 Å². The van der Waals surface area contributed by atoms with Crippen molar-refractivity contribution in [2.75, 3.05) is 11.8 Å². The normalized spacial score (nSPS) is 11.0. The number of hydrogen-bond donors (Lipinski definition) is 1. The smallest absolute Gasteiger partial charge is 0.305 e. The minimum absolute atomic E-state index is 0.0737. The van der Waals surface area contributed by atoms with Crippen LogP contribution in [0.5, 0.6) is 0 Å². The fraction of sp³-hybridized carbons (Fsp3) is 0.211. The number of benzene rings is 2. The summed E-state index contributed by atoms with van der Waals surface area (Å²) < 4.78 is 40.9. The van der Waals surface area contributed by atoms with E-state index >= 15 is 0 Å². The van der Waals surface area contributed by atoms with Crippen LogP contribution in [0, 0.1) is 11.8 Å². The average molecular weight is 450 g/mol. The van der Waals surface area contributed by atoms with Gasteiger partial charge >= 0.3 is 5.97 Å². The van der Waals surface area contributed by atoms with Gasteiger partial charge in [-0.05, 0) is 42.8 Å². The Balaban J connectivity index is 1.80. The number of nitrogens with one attached hydrogen (secondary N) is 1. The van der Waals surface area contributed by atoms with Crippen LogP contribution in [0.15, 0.2) is 41.3 Å². The van der Waals surface area contributed by atoms with Gasteiger partial charge in [-0.15, -0.1) is 0 Å². The number of rotatable bonds is 6. The Morgan fingerprint density at radius 3 is 2.79 bits per heavy atom. The molecule has 0 saturated heterocycles. The first-order chi connectivity index (χ1) is 13.9. The molecule has 0 aliphatic carbocycles. The maximum Gasteiger partial charge on any atom is 0.305 e. The Kier molecular flexibility index (Phi) is 6.69. The van der Waals surface area contributed by atoms with Crippen LogP contribution in [-0.4, -0.2) is 30.2 Å². The number of anilines is 1. The number of ether oxygens (including phenoxy) is 1. The van der Waals surface area contributed by atoms with Gasteiger partial charge in [-0.25, -0.2) is 8.42 Å². The quantitative estimate of drug-likeness (QED) is 0.349. The van der Waals surface area contributed by atoms with Crippen molar-refractivity contribution in [1.29, 1.82) is 0 Å². The predicted molar refractivity (Wildman–Crippen MR) is 112 cm³/mol. The molecule has 0 bridgehead atoms. The largest absolute Gasteiger partial charge is 0.469 e. The van der Waals surface area contributed by atoms with Crippen molar-refractivity contribution in [3.8, 4) is 11.8 Å². The van der Waals surface area contributed by atoms with Crippen molar-refractivity contribution >= 4 is 56.0 Å². The predicted octanol–water partition coefficient (Wildman–Crippen LogP) is 3.84. The monoisotopic (exact) mass is 449 g/mol. The van der Waals surface area contributed by atoms with Gasteiger partial charge in [0.25, 0.3) is 10.0 Å². The van der Waals surface area contributed by atoms with Gasteiger partial charge in [0.1, 0.15) is 11.0 Å². The lowest BCUT2D eigenvalue weighted by Crippen LogP contribution is -2.13. The summed E-state index contributed by atoms with van der Waals surface area (Å²) in [7, 11) is -2.52. The maximum atomic E-state index is 12.8. The third-order valence-electron chi connectivity index (χ3n) is 3.89.